The lowest BCUT2D eigenvalue weighted by atomic mass is 10.2. The van der Waals surface area contributed by atoms with Gasteiger partial charge in [0.05, 0.1) is 0 Å². The zero-order valence-electron chi connectivity index (χ0n) is 9.19. The van der Waals surface area contributed by atoms with E-state index in [2.05, 4.69) is 10.2 Å². The second-order valence-electron chi connectivity index (χ2n) is 2.28. The molecule has 0 radical (unpaired) electrons. The van der Waals surface area contributed by atoms with Crippen LogP contribution in [0.2, 0.25) is 0 Å². The number of benzene rings is 1. The Kier molecular flexibility index (Phi) is 1.02. The van der Waals surface area contributed by atoms with Crippen LogP contribution >= 0.6 is 0 Å². The summed E-state index contributed by atoms with van der Waals surface area (Å²) in [4.78, 5) is 0. The second kappa shape index (κ2) is 2.77. The first-order valence-corrected chi connectivity index (χ1v) is 3.47. The lowest BCUT2D eigenvalue weighted by molar-refractivity contribution is 0.533. The highest BCUT2D eigenvalue weighted by molar-refractivity contribution is 5.51. The molecule has 2 rings (SSSR count). The molecule has 0 aliphatic heterocycles. The van der Waals surface area contributed by atoms with E-state index in [0.29, 0.717) is 5.56 Å². The summed E-state index contributed by atoms with van der Waals surface area (Å²) in [6, 6.07) is 9.03. The van der Waals surface area contributed by atoms with Crippen molar-refractivity contribution < 1.29 is 8.53 Å². The summed E-state index contributed by atoms with van der Waals surface area (Å²) < 4.78 is 26.3. The first kappa shape index (κ1) is 4.40. The monoisotopic (exact) mass is 163 g/mol. The summed E-state index contributed by atoms with van der Waals surface area (Å²) in [5, 5.41) is 7.16. The van der Waals surface area contributed by atoms with Gasteiger partial charge in [-0.05, 0) is 12.1 Å². The average Bonchev–Trinajstić information content (AvgIpc) is 2.67. The Balaban J connectivity index is 2.37. The molecule has 0 N–H and O–H groups in total. The topological polar surface area (TPSA) is 38.9 Å². The van der Waals surface area contributed by atoms with Gasteiger partial charge in [0, 0.05) is 16.5 Å². The molecule has 0 bridgehead atoms. The third-order valence-electron chi connectivity index (χ3n) is 1.45. The number of aryl methyl sites for hydroxylation is 1. The van der Waals surface area contributed by atoms with Crippen molar-refractivity contribution in [2.75, 3.05) is 0 Å². The van der Waals surface area contributed by atoms with Gasteiger partial charge in [0.25, 0.3) is 0 Å². The minimum absolute atomic E-state index is 0.224. The van der Waals surface area contributed by atoms with Gasteiger partial charge in [-0.2, -0.15) is 0 Å². The van der Waals surface area contributed by atoms with Crippen molar-refractivity contribution >= 4 is 0 Å². The van der Waals surface area contributed by atoms with Gasteiger partial charge < -0.3 is 4.42 Å². The van der Waals surface area contributed by atoms with Crippen LogP contribution in [0, 0.1) is 6.85 Å². The number of hydrogen-bond acceptors (Lipinski definition) is 3. The molecule has 2 aromatic rings. The number of rotatable bonds is 1. The molecule has 60 valence electrons. The highest BCUT2D eigenvalue weighted by atomic mass is 16.4. The van der Waals surface area contributed by atoms with Gasteiger partial charge in [0.1, 0.15) is 0 Å². The van der Waals surface area contributed by atoms with Crippen LogP contribution in [-0.4, -0.2) is 10.2 Å². The lowest BCUT2D eigenvalue weighted by Crippen LogP contribution is -1.75. The smallest absolute Gasteiger partial charge is 0.247 e. The van der Waals surface area contributed by atoms with E-state index in [1.807, 2.05) is 18.2 Å². The maximum atomic E-state index is 7.09. The zero-order valence-corrected chi connectivity index (χ0v) is 6.19. The maximum Gasteiger partial charge on any atom is 0.247 e. The molecule has 3 nitrogen and oxygen atoms in total. The molecule has 0 aliphatic rings. The quantitative estimate of drug-likeness (QED) is 0.645. The summed E-state index contributed by atoms with van der Waals surface area (Å²) >= 11 is 0. The van der Waals surface area contributed by atoms with Gasteiger partial charge >= 0.3 is 0 Å². The lowest BCUT2D eigenvalue weighted by Gasteiger charge is -1.90. The van der Waals surface area contributed by atoms with Gasteiger partial charge in [-0.25, -0.2) is 0 Å². The summed E-state index contributed by atoms with van der Waals surface area (Å²) in [6.07, 6.45) is 0. The van der Waals surface area contributed by atoms with Crippen LogP contribution in [0.15, 0.2) is 34.7 Å². The van der Waals surface area contributed by atoms with E-state index in [0.717, 1.165) is 0 Å². The third-order valence-corrected chi connectivity index (χ3v) is 1.45. The molecule has 0 fully saturated rings. The normalized spacial score (nSPS) is 14.8. The van der Waals surface area contributed by atoms with Crippen molar-refractivity contribution in [1.29, 1.82) is 0 Å². The maximum absolute atomic E-state index is 7.09. The fourth-order valence-electron chi connectivity index (χ4n) is 0.921. The summed E-state index contributed by atoms with van der Waals surface area (Å²) in [7, 11) is 0. The van der Waals surface area contributed by atoms with E-state index in [9.17, 15) is 0 Å². The number of hydrogen-bond donors (Lipinski definition) is 0. The predicted molar refractivity (Wildman–Crippen MR) is 44.5 cm³/mol. The fourth-order valence-corrected chi connectivity index (χ4v) is 0.921. The van der Waals surface area contributed by atoms with Crippen LogP contribution in [0.25, 0.3) is 11.5 Å². The van der Waals surface area contributed by atoms with E-state index in [1.165, 1.54) is 0 Å². The molecule has 3 heteroatoms. The summed E-state index contributed by atoms with van der Waals surface area (Å²) in [6.45, 7) is -2.35. The molecule has 1 heterocycles. The molecule has 0 amide bonds. The molecule has 0 saturated carbocycles. The van der Waals surface area contributed by atoms with Crippen molar-refractivity contribution in [3.63, 3.8) is 0 Å². The Hall–Kier alpha value is -1.64. The molecular weight excluding hydrogens is 152 g/mol. The molecular formula is C9H8N2O. The van der Waals surface area contributed by atoms with Gasteiger partial charge in [-0.1, -0.05) is 18.2 Å². The first-order chi connectivity index (χ1) is 7.07. The van der Waals surface area contributed by atoms with Crippen molar-refractivity contribution in [2.24, 2.45) is 0 Å². The Labute approximate surface area is 74.3 Å². The largest absolute Gasteiger partial charge is 0.421 e. The van der Waals surface area contributed by atoms with Crippen LogP contribution < -0.4 is 0 Å². The average molecular weight is 163 g/mol. The van der Waals surface area contributed by atoms with Gasteiger partial charge in [0.2, 0.25) is 11.8 Å². The van der Waals surface area contributed by atoms with Crippen LogP contribution in [-0.2, 0) is 0 Å². The molecule has 0 saturated heterocycles. The number of nitrogens with zero attached hydrogens (tertiary/aromatic N) is 2. The van der Waals surface area contributed by atoms with E-state index >= 15 is 0 Å². The second-order valence-corrected chi connectivity index (χ2v) is 2.28. The highest BCUT2D eigenvalue weighted by Gasteiger charge is 2.02. The van der Waals surface area contributed by atoms with Crippen LogP contribution in [0.5, 0.6) is 0 Å². The third kappa shape index (κ3) is 1.21. The Bertz CT molecular complexity index is 450. The predicted octanol–water partition coefficient (Wildman–Crippen LogP) is 2.05. The van der Waals surface area contributed by atoms with Crippen LogP contribution in [0.4, 0.5) is 0 Å². The van der Waals surface area contributed by atoms with E-state index in [4.69, 9.17) is 8.53 Å². The number of aromatic nitrogens is 2. The SMILES string of the molecule is [2H]C([2H])([2H])c1nnc(-c2ccccc2)o1. The minimum Gasteiger partial charge on any atom is -0.421 e. The van der Waals surface area contributed by atoms with Gasteiger partial charge in [-0.15, -0.1) is 10.2 Å². The summed E-state index contributed by atoms with van der Waals surface area (Å²) in [5.41, 5.74) is 0.709. The Morgan fingerprint density at radius 2 is 2.08 bits per heavy atom. The standard InChI is InChI=1S/C9H8N2O/c1-7-10-11-9(12-7)8-5-3-2-4-6-8/h2-6H,1H3/i1D3. The molecule has 1 aromatic carbocycles. The van der Waals surface area contributed by atoms with E-state index in [1.54, 1.807) is 12.1 Å². The minimum atomic E-state index is -2.35. The molecule has 12 heavy (non-hydrogen) atoms. The molecule has 0 unspecified atom stereocenters. The summed E-state index contributed by atoms with van der Waals surface area (Å²) in [5.74, 6) is -0.108. The van der Waals surface area contributed by atoms with Crippen molar-refractivity contribution in [1.82, 2.24) is 10.2 Å². The Morgan fingerprint density at radius 3 is 2.75 bits per heavy atom. The Morgan fingerprint density at radius 1 is 1.25 bits per heavy atom. The first-order valence-electron chi connectivity index (χ1n) is 4.97. The van der Waals surface area contributed by atoms with Crippen molar-refractivity contribution in [3.8, 4) is 11.5 Å². The van der Waals surface area contributed by atoms with Crippen molar-refractivity contribution in [3.05, 3.63) is 36.2 Å². The van der Waals surface area contributed by atoms with Crippen molar-refractivity contribution in [2.45, 2.75) is 6.85 Å². The van der Waals surface area contributed by atoms with Gasteiger partial charge in [-0.3, -0.25) is 0 Å². The van der Waals surface area contributed by atoms with Crippen LogP contribution in [0.3, 0.4) is 0 Å². The zero-order chi connectivity index (χ0) is 10.9. The van der Waals surface area contributed by atoms with E-state index in [-0.39, 0.29) is 11.8 Å². The van der Waals surface area contributed by atoms with Gasteiger partial charge in [0.15, 0.2) is 0 Å². The molecule has 0 aliphatic carbocycles. The fraction of sp³-hybridized carbons (Fsp3) is 0.111. The van der Waals surface area contributed by atoms with Crippen LogP contribution in [0.1, 0.15) is 10.0 Å². The molecule has 0 atom stereocenters. The molecule has 1 aromatic heterocycles. The highest BCUT2D eigenvalue weighted by Crippen LogP contribution is 2.15. The molecule has 0 spiro atoms. The van der Waals surface area contributed by atoms with E-state index < -0.39 is 6.85 Å².